The molecule has 1 aromatic heterocycles. The molecular formula is C25H23ClF3NO3. The van der Waals surface area contributed by atoms with E-state index in [9.17, 15) is 23.1 Å². The van der Waals surface area contributed by atoms with Gasteiger partial charge in [0.25, 0.3) is 0 Å². The van der Waals surface area contributed by atoms with Gasteiger partial charge >= 0.3 is 6.18 Å². The number of fused-ring (bicyclic) bond motifs is 2. The Morgan fingerprint density at radius 1 is 1.12 bits per heavy atom. The summed E-state index contributed by atoms with van der Waals surface area (Å²) >= 11 is 5.99. The third-order valence-corrected chi connectivity index (χ3v) is 7.69. The van der Waals surface area contributed by atoms with E-state index in [-0.39, 0.29) is 40.0 Å². The molecule has 4 aliphatic carbocycles. The number of halogens is 4. The Balaban J connectivity index is 1.51. The van der Waals surface area contributed by atoms with Crippen LogP contribution in [-0.2, 0) is 17.4 Å². The number of nitrogens with zero attached hydrogens (tertiary/aromatic N) is 1. The largest absolute Gasteiger partial charge is 0.511 e. The zero-order valence-corrected chi connectivity index (χ0v) is 18.7. The van der Waals surface area contributed by atoms with Gasteiger partial charge in [0.2, 0.25) is 5.88 Å². The van der Waals surface area contributed by atoms with Crippen LogP contribution in [0.5, 0.6) is 11.6 Å². The van der Waals surface area contributed by atoms with Crippen LogP contribution in [-0.4, -0.2) is 15.9 Å². The van der Waals surface area contributed by atoms with Crippen LogP contribution in [0.4, 0.5) is 13.2 Å². The van der Waals surface area contributed by atoms with Gasteiger partial charge in [-0.3, -0.25) is 4.79 Å². The van der Waals surface area contributed by atoms with Crippen molar-refractivity contribution in [2.45, 2.75) is 45.2 Å². The highest BCUT2D eigenvalue weighted by atomic mass is 35.5. The van der Waals surface area contributed by atoms with Gasteiger partial charge < -0.3 is 9.84 Å². The van der Waals surface area contributed by atoms with Crippen LogP contribution in [0.15, 0.2) is 36.2 Å². The lowest BCUT2D eigenvalue weighted by Crippen LogP contribution is -2.41. The number of Topliss-reactive ketones (excluding diaryl/α,β-unsaturated/α-hetero) is 1. The Labute approximate surface area is 194 Å². The van der Waals surface area contributed by atoms with E-state index in [0.29, 0.717) is 35.6 Å². The van der Waals surface area contributed by atoms with Crippen molar-refractivity contribution in [1.82, 2.24) is 4.98 Å². The van der Waals surface area contributed by atoms with Crippen LogP contribution in [0.2, 0.25) is 5.02 Å². The smallest absolute Gasteiger partial charge is 0.417 e. The third-order valence-electron chi connectivity index (χ3n) is 7.42. The molecule has 0 amide bonds. The first-order chi connectivity index (χ1) is 15.7. The second kappa shape index (κ2) is 8.05. The minimum atomic E-state index is -4.56. The fourth-order valence-corrected chi connectivity index (χ4v) is 6.08. The minimum absolute atomic E-state index is 0.00978. The molecule has 2 bridgehead atoms. The van der Waals surface area contributed by atoms with Crippen molar-refractivity contribution in [3.63, 3.8) is 0 Å². The first-order valence-electron chi connectivity index (χ1n) is 11.2. The predicted molar refractivity (Wildman–Crippen MR) is 117 cm³/mol. The van der Waals surface area contributed by atoms with Crippen LogP contribution in [0.3, 0.4) is 0 Å². The number of pyridine rings is 1. The highest BCUT2D eigenvalue weighted by Crippen LogP contribution is 2.57. The van der Waals surface area contributed by atoms with E-state index in [4.69, 9.17) is 16.3 Å². The van der Waals surface area contributed by atoms with Gasteiger partial charge in [0.15, 0.2) is 5.78 Å². The molecule has 0 aliphatic heterocycles. The molecule has 33 heavy (non-hydrogen) atoms. The second-order valence-electron chi connectivity index (χ2n) is 9.13. The van der Waals surface area contributed by atoms with Crippen LogP contribution < -0.4 is 4.74 Å². The molecule has 2 atom stereocenters. The number of aliphatic hydroxyl groups is 1. The number of carbonyl (C=O) groups excluding carboxylic acids is 1. The Morgan fingerprint density at radius 3 is 2.36 bits per heavy atom. The molecule has 8 heteroatoms. The lowest BCUT2D eigenvalue weighted by atomic mass is 9.59. The summed E-state index contributed by atoms with van der Waals surface area (Å²) in [4.78, 5) is 17.2. The van der Waals surface area contributed by atoms with Crippen LogP contribution >= 0.6 is 11.6 Å². The van der Waals surface area contributed by atoms with Crippen molar-refractivity contribution in [2.24, 2.45) is 23.7 Å². The number of aromatic nitrogens is 1. The van der Waals surface area contributed by atoms with Crippen LogP contribution in [0.1, 0.15) is 49.3 Å². The molecule has 0 radical (unpaired) electrons. The van der Waals surface area contributed by atoms with Crippen molar-refractivity contribution in [3.8, 4) is 11.6 Å². The van der Waals surface area contributed by atoms with E-state index in [2.05, 4.69) is 4.98 Å². The average Bonchev–Trinajstić information content (AvgIpc) is 3.07. The fourth-order valence-electron chi connectivity index (χ4n) is 5.88. The van der Waals surface area contributed by atoms with Gasteiger partial charge in [0, 0.05) is 18.0 Å². The average molecular weight is 478 g/mol. The van der Waals surface area contributed by atoms with Gasteiger partial charge in [-0.05, 0) is 73.3 Å². The molecule has 3 saturated carbocycles. The van der Waals surface area contributed by atoms with Gasteiger partial charge in [-0.15, -0.1) is 0 Å². The number of benzene rings is 1. The van der Waals surface area contributed by atoms with E-state index in [1.165, 1.54) is 0 Å². The SMILES string of the molecule is CCc1ccc(Oc2ncc(C(F)(F)F)cc2Cl)cc1C1=C(O)C2C(C1=O)[C@H]1CC[C@@H]2CC1. The second-order valence-corrected chi connectivity index (χ2v) is 9.54. The van der Waals surface area contributed by atoms with E-state index in [1.54, 1.807) is 18.2 Å². The van der Waals surface area contributed by atoms with Crippen LogP contribution in [0, 0.1) is 23.7 Å². The Bertz CT molecular complexity index is 1150. The summed E-state index contributed by atoms with van der Waals surface area (Å²) in [5.74, 6) is 0.659. The number of ketones is 1. The highest BCUT2D eigenvalue weighted by molar-refractivity contribution is 6.31. The maximum atomic E-state index is 13.5. The number of carbonyl (C=O) groups is 1. The fraction of sp³-hybridized carbons (Fsp3) is 0.440. The van der Waals surface area contributed by atoms with Crippen molar-refractivity contribution in [2.75, 3.05) is 0 Å². The molecule has 1 heterocycles. The lowest BCUT2D eigenvalue weighted by Gasteiger charge is -2.44. The van der Waals surface area contributed by atoms with Crippen molar-refractivity contribution >= 4 is 23.0 Å². The van der Waals surface area contributed by atoms with Crippen molar-refractivity contribution in [1.29, 1.82) is 0 Å². The molecular weight excluding hydrogens is 455 g/mol. The van der Waals surface area contributed by atoms with Crippen molar-refractivity contribution < 1.29 is 27.8 Å². The summed E-state index contributed by atoms with van der Waals surface area (Å²) in [5.41, 5.74) is 0.882. The van der Waals surface area contributed by atoms with Gasteiger partial charge in [-0.2, -0.15) is 13.2 Å². The number of allylic oxidation sites excluding steroid dienone is 2. The number of aryl methyl sites for hydroxylation is 1. The van der Waals surface area contributed by atoms with E-state index < -0.39 is 11.7 Å². The number of hydrogen-bond donors (Lipinski definition) is 1. The third kappa shape index (κ3) is 3.70. The summed E-state index contributed by atoms with van der Waals surface area (Å²) < 4.78 is 44.4. The zero-order valence-electron chi connectivity index (χ0n) is 18.0. The van der Waals surface area contributed by atoms with Gasteiger partial charge in [-0.25, -0.2) is 4.98 Å². The number of ether oxygens (including phenoxy) is 1. The maximum absolute atomic E-state index is 13.5. The molecule has 1 aromatic carbocycles. The minimum Gasteiger partial charge on any atom is -0.511 e. The van der Waals surface area contributed by atoms with Gasteiger partial charge in [0.1, 0.15) is 16.5 Å². The Kier molecular flexibility index (Phi) is 5.43. The molecule has 4 aliphatic rings. The number of aliphatic hydroxyl groups excluding tert-OH is 1. The molecule has 4 nitrogen and oxygen atoms in total. The molecule has 2 aromatic rings. The molecule has 1 N–H and O–H groups in total. The topological polar surface area (TPSA) is 59.4 Å². The molecule has 0 spiro atoms. The molecule has 2 unspecified atom stereocenters. The Hall–Kier alpha value is -2.54. The summed E-state index contributed by atoms with van der Waals surface area (Å²) in [6.45, 7) is 1.96. The number of rotatable bonds is 4. The lowest BCUT2D eigenvalue weighted by molar-refractivity contribution is -0.137. The number of hydrogen-bond acceptors (Lipinski definition) is 4. The molecule has 3 fully saturated rings. The van der Waals surface area contributed by atoms with E-state index >= 15 is 0 Å². The van der Waals surface area contributed by atoms with Crippen molar-refractivity contribution in [3.05, 3.63) is 57.9 Å². The van der Waals surface area contributed by atoms with E-state index in [0.717, 1.165) is 37.3 Å². The van der Waals surface area contributed by atoms with Gasteiger partial charge in [0.05, 0.1) is 11.1 Å². The molecule has 174 valence electrons. The summed E-state index contributed by atoms with van der Waals surface area (Å²) in [6.07, 6.45) is 0.879. The first kappa shape index (κ1) is 22.3. The quantitative estimate of drug-likeness (QED) is 0.514. The predicted octanol–water partition coefficient (Wildman–Crippen LogP) is 7.01. The first-order valence-corrected chi connectivity index (χ1v) is 11.6. The summed E-state index contributed by atoms with van der Waals surface area (Å²) in [6, 6.07) is 5.87. The maximum Gasteiger partial charge on any atom is 0.417 e. The Morgan fingerprint density at radius 2 is 1.79 bits per heavy atom. The number of alkyl halides is 3. The van der Waals surface area contributed by atoms with Crippen LogP contribution in [0.25, 0.3) is 5.57 Å². The highest BCUT2D eigenvalue weighted by Gasteiger charge is 2.54. The molecule has 0 saturated heterocycles. The van der Waals surface area contributed by atoms with Gasteiger partial charge in [-0.1, -0.05) is 24.6 Å². The monoisotopic (exact) mass is 477 g/mol. The standard InChI is InChI=1S/C25H23ClF3NO3/c1-2-12-7-8-16(33-24-18(26)9-15(11-30-24)25(27,28)29)10-17(12)21-22(31)19-13-3-4-14(6-5-13)20(19)23(21)32/h7-11,13-14,19-20,31H,2-6H2,1H3/t13-,14+,19?,20?. The summed E-state index contributed by atoms with van der Waals surface area (Å²) in [7, 11) is 0. The molecule has 6 rings (SSSR count). The summed E-state index contributed by atoms with van der Waals surface area (Å²) in [5, 5.41) is 10.9. The normalized spacial score (nSPS) is 26.6. The van der Waals surface area contributed by atoms with E-state index in [1.807, 2.05) is 6.92 Å². The zero-order chi connectivity index (χ0) is 23.5.